The number of halogens is 1. The number of ether oxygens (including phenoxy) is 1. The Balaban J connectivity index is 2.73. The minimum atomic E-state index is -3.81. The van der Waals surface area contributed by atoms with E-state index in [0.29, 0.717) is 6.61 Å². The zero-order valence-corrected chi connectivity index (χ0v) is 14.2. The molecule has 1 rings (SSSR count). The third-order valence-electron chi connectivity index (χ3n) is 3.22. The van der Waals surface area contributed by atoms with Crippen molar-refractivity contribution in [1.29, 1.82) is 0 Å². The minimum Gasteiger partial charge on any atom is -0.491 e. The van der Waals surface area contributed by atoms with Crippen LogP contribution in [-0.2, 0) is 10.0 Å². The van der Waals surface area contributed by atoms with Crippen LogP contribution in [0.25, 0.3) is 0 Å². The number of rotatable bonds is 7. The Kier molecular flexibility index (Phi) is 6.34. The number of aliphatic hydroxyl groups excluding tert-OH is 1. The highest BCUT2D eigenvalue weighted by Gasteiger charge is 2.23. The van der Waals surface area contributed by atoms with Crippen LogP contribution >= 0.6 is 0 Å². The van der Waals surface area contributed by atoms with Crippen molar-refractivity contribution in [3.8, 4) is 5.75 Å². The summed E-state index contributed by atoms with van der Waals surface area (Å²) in [5.74, 6) is -0.705. The van der Waals surface area contributed by atoms with Crippen molar-refractivity contribution in [2.75, 3.05) is 13.2 Å². The Morgan fingerprint density at radius 2 is 2.00 bits per heavy atom. The van der Waals surface area contributed by atoms with E-state index in [2.05, 4.69) is 4.72 Å². The lowest BCUT2D eigenvalue weighted by atomic mass is 9.87. The van der Waals surface area contributed by atoms with Gasteiger partial charge in [-0.1, -0.05) is 20.8 Å². The van der Waals surface area contributed by atoms with Gasteiger partial charge in [-0.15, -0.1) is 0 Å². The first-order valence-corrected chi connectivity index (χ1v) is 8.66. The van der Waals surface area contributed by atoms with Gasteiger partial charge >= 0.3 is 0 Å². The summed E-state index contributed by atoms with van der Waals surface area (Å²) in [4.78, 5) is -0.168. The molecule has 0 aliphatic carbocycles. The summed E-state index contributed by atoms with van der Waals surface area (Å²) < 4.78 is 45.3. The molecule has 0 heterocycles. The average molecular weight is 333 g/mol. The second-order valence-electron chi connectivity index (χ2n) is 6.09. The third-order valence-corrected chi connectivity index (χ3v) is 4.68. The van der Waals surface area contributed by atoms with Gasteiger partial charge in [0.05, 0.1) is 17.6 Å². The second-order valence-corrected chi connectivity index (χ2v) is 7.86. The molecule has 0 aliphatic rings. The van der Waals surface area contributed by atoms with Crippen LogP contribution in [0, 0.1) is 11.2 Å². The largest absolute Gasteiger partial charge is 0.491 e. The first-order chi connectivity index (χ1) is 10.1. The normalized spacial score (nSPS) is 13.9. The van der Waals surface area contributed by atoms with Crippen molar-refractivity contribution >= 4 is 10.0 Å². The van der Waals surface area contributed by atoms with E-state index in [1.165, 1.54) is 12.1 Å². The third kappa shape index (κ3) is 5.23. The van der Waals surface area contributed by atoms with E-state index < -0.39 is 21.9 Å². The number of benzene rings is 1. The molecule has 2 N–H and O–H groups in total. The van der Waals surface area contributed by atoms with E-state index in [9.17, 15) is 17.9 Å². The predicted molar refractivity (Wildman–Crippen MR) is 82.8 cm³/mol. The molecule has 1 aromatic rings. The van der Waals surface area contributed by atoms with E-state index in [1.54, 1.807) is 6.92 Å². The van der Waals surface area contributed by atoms with Crippen LogP contribution in [-0.4, -0.2) is 32.8 Å². The molecule has 1 atom stereocenters. The molecular formula is C15H24FNO4S. The number of hydrogen-bond donors (Lipinski definition) is 2. The van der Waals surface area contributed by atoms with Gasteiger partial charge in [0.1, 0.15) is 0 Å². The summed E-state index contributed by atoms with van der Waals surface area (Å²) in [5.41, 5.74) is -0.323. The molecule has 0 aromatic heterocycles. The number of nitrogens with one attached hydrogen (secondary N) is 1. The van der Waals surface area contributed by atoms with Gasteiger partial charge in [0, 0.05) is 6.54 Å². The van der Waals surface area contributed by atoms with Crippen LogP contribution < -0.4 is 9.46 Å². The molecule has 0 aliphatic heterocycles. The summed E-state index contributed by atoms with van der Waals surface area (Å²) in [6, 6.07) is 3.50. The zero-order chi connectivity index (χ0) is 17.0. The fourth-order valence-corrected chi connectivity index (χ4v) is 2.83. The lowest BCUT2D eigenvalue weighted by molar-refractivity contribution is 0.0571. The van der Waals surface area contributed by atoms with Crippen LogP contribution in [0.2, 0.25) is 0 Å². The van der Waals surface area contributed by atoms with E-state index in [0.717, 1.165) is 6.07 Å². The van der Waals surface area contributed by atoms with Gasteiger partial charge in [-0.2, -0.15) is 0 Å². The highest BCUT2D eigenvalue weighted by molar-refractivity contribution is 7.89. The van der Waals surface area contributed by atoms with Crippen molar-refractivity contribution < 1.29 is 22.7 Å². The summed E-state index contributed by atoms with van der Waals surface area (Å²) in [7, 11) is -3.81. The second kappa shape index (κ2) is 7.39. The lowest BCUT2D eigenvalue weighted by Crippen LogP contribution is -2.32. The monoisotopic (exact) mass is 333 g/mol. The summed E-state index contributed by atoms with van der Waals surface area (Å²) >= 11 is 0. The fourth-order valence-electron chi connectivity index (χ4n) is 1.77. The quantitative estimate of drug-likeness (QED) is 0.803. The predicted octanol–water partition coefficient (Wildman–Crippen LogP) is 2.30. The van der Waals surface area contributed by atoms with Gasteiger partial charge in [0.2, 0.25) is 10.0 Å². The number of hydrogen-bond acceptors (Lipinski definition) is 4. The van der Waals surface area contributed by atoms with Crippen LogP contribution in [0.15, 0.2) is 23.1 Å². The smallest absolute Gasteiger partial charge is 0.240 e. The van der Waals surface area contributed by atoms with Gasteiger partial charge in [-0.25, -0.2) is 17.5 Å². The van der Waals surface area contributed by atoms with Crippen LogP contribution in [0.1, 0.15) is 34.1 Å². The first-order valence-electron chi connectivity index (χ1n) is 7.18. The SMILES string of the molecule is CCOc1ccc(S(=O)(=O)NCCC(O)C(C)(C)C)cc1F. The van der Waals surface area contributed by atoms with Crippen molar-refractivity contribution in [1.82, 2.24) is 4.72 Å². The molecule has 1 unspecified atom stereocenters. The zero-order valence-electron chi connectivity index (χ0n) is 13.4. The average Bonchev–Trinajstić information content (AvgIpc) is 2.39. The maximum absolute atomic E-state index is 13.7. The van der Waals surface area contributed by atoms with Crippen molar-refractivity contribution in [2.45, 2.75) is 45.1 Å². The van der Waals surface area contributed by atoms with Gasteiger partial charge < -0.3 is 9.84 Å². The van der Waals surface area contributed by atoms with E-state index in [1.807, 2.05) is 20.8 Å². The summed E-state index contributed by atoms with van der Waals surface area (Å²) in [6.45, 7) is 7.70. The molecular weight excluding hydrogens is 309 g/mol. The summed E-state index contributed by atoms with van der Waals surface area (Å²) in [6.07, 6.45) is -0.352. The molecule has 126 valence electrons. The van der Waals surface area contributed by atoms with Gasteiger partial charge in [-0.05, 0) is 37.0 Å². The van der Waals surface area contributed by atoms with Crippen LogP contribution in [0.3, 0.4) is 0 Å². The molecule has 7 heteroatoms. The maximum atomic E-state index is 13.7. The van der Waals surface area contributed by atoms with Crippen molar-refractivity contribution in [2.24, 2.45) is 5.41 Å². The Morgan fingerprint density at radius 3 is 2.50 bits per heavy atom. The fraction of sp³-hybridized carbons (Fsp3) is 0.600. The van der Waals surface area contributed by atoms with Crippen molar-refractivity contribution in [3.05, 3.63) is 24.0 Å². The molecule has 0 bridgehead atoms. The van der Waals surface area contributed by atoms with E-state index in [4.69, 9.17) is 4.74 Å². The number of sulfonamides is 1. The molecule has 0 radical (unpaired) electrons. The molecule has 0 saturated carbocycles. The standard InChI is InChI=1S/C15H24FNO4S/c1-5-21-13-7-6-11(10-12(13)16)22(19,20)17-9-8-14(18)15(2,3)4/h6-7,10,14,17-18H,5,8-9H2,1-4H3. The lowest BCUT2D eigenvalue weighted by Gasteiger charge is -2.25. The Bertz CT molecular complexity index is 596. The van der Waals surface area contributed by atoms with E-state index in [-0.39, 0.29) is 29.0 Å². The molecule has 0 spiro atoms. The highest BCUT2D eigenvalue weighted by atomic mass is 32.2. The topological polar surface area (TPSA) is 75.6 Å². The molecule has 22 heavy (non-hydrogen) atoms. The Labute approximate surface area is 131 Å². The Hall–Kier alpha value is -1.18. The van der Waals surface area contributed by atoms with Gasteiger partial charge in [-0.3, -0.25) is 0 Å². The molecule has 0 saturated heterocycles. The van der Waals surface area contributed by atoms with Gasteiger partial charge in [0.25, 0.3) is 0 Å². The van der Waals surface area contributed by atoms with Gasteiger partial charge in [0.15, 0.2) is 11.6 Å². The first kappa shape index (κ1) is 18.9. The highest BCUT2D eigenvalue weighted by Crippen LogP contribution is 2.22. The molecule has 0 fully saturated rings. The van der Waals surface area contributed by atoms with Crippen molar-refractivity contribution in [3.63, 3.8) is 0 Å². The maximum Gasteiger partial charge on any atom is 0.240 e. The van der Waals surface area contributed by atoms with E-state index >= 15 is 0 Å². The molecule has 5 nitrogen and oxygen atoms in total. The molecule has 1 aromatic carbocycles. The number of aliphatic hydroxyl groups is 1. The Morgan fingerprint density at radius 1 is 1.36 bits per heavy atom. The van der Waals surface area contributed by atoms with Crippen LogP contribution in [0.5, 0.6) is 5.75 Å². The molecule has 0 amide bonds. The van der Waals surface area contributed by atoms with Crippen LogP contribution in [0.4, 0.5) is 4.39 Å². The minimum absolute atomic E-state index is 0.0182. The summed E-state index contributed by atoms with van der Waals surface area (Å²) in [5, 5.41) is 9.88.